The molecule has 0 saturated heterocycles. The third-order valence-electron chi connectivity index (χ3n) is 3.41. The highest BCUT2D eigenvalue weighted by Crippen LogP contribution is 2.35. The van der Waals surface area contributed by atoms with E-state index in [1.54, 1.807) is 0 Å². The summed E-state index contributed by atoms with van der Waals surface area (Å²) < 4.78 is 0. The van der Waals surface area contributed by atoms with E-state index in [4.69, 9.17) is 11.6 Å². The molecule has 0 aromatic heterocycles. The average Bonchev–Trinajstić information content (AvgIpc) is 3.06. The number of allylic oxidation sites excluding steroid dienone is 4. The summed E-state index contributed by atoms with van der Waals surface area (Å²) in [5.41, 5.74) is 5.75. The molecule has 0 fully saturated rings. The molecule has 0 bridgehead atoms. The maximum absolute atomic E-state index is 5.54. The Morgan fingerprint density at radius 1 is 0.737 bits per heavy atom. The van der Waals surface area contributed by atoms with E-state index in [2.05, 4.69) is 48.5 Å². The molecule has 0 unspecified atom stereocenters. The third-order valence-corrected chi connectivity index (χ3v) is 3.70. The Bertz CT molecular complexity index is 582. The highest BCUT2D eigenvalue weighted by molar-refractivity contribution is 6.23. The number of hydrogen-bond donors (Lipinski definition) is 0. The molecular formula is C18H15Cl. The second kappa shape index (κ2) is 5.46. The van der Waals surface area contributed by atoms with Crippen molar-refractivity contribution in [2.24, 2.45) is 0 Å². The molecule has 0 spiro atoms. The first-order chi connectivity index (χ1) is 9.34. The zero-order valence-corrected chi connectivity index (χ0v) is 11.3. The number of halogens is 1. The Morgan fingerprint density at radius 3 is 1.63 bits per heavy atom. The molecule has 4 rings (SSSR count). The Balaban J connectivity index is 0.000000155. The lowest BCUT2D eigenvalue weighted by Crippen LogP contribution is -1.77. The Labute approximate surface area is 119 Å². The van der Waals surface area contributed by atoms with E-state index < -0.39 is 0 Å². The lowest BCUT2D eigenvalue weighted by atomic mass is 10.1. The van der Waals surface area contributed by atoms with Crippen LogP contribution < -0.4 is 0 Å². The van der Waals surface area contributed by atoms with Crippen molar-refractivity contribution in [1.29, 1.82) is 0 Å². The predicted octanol–water partition coefficient (Wildman–Crippen LogP) is 4.98. The van der Waals surface area contributed by atoms with E-state index in [0.29, 0.717) is 0 Å². The SMILES string of the molecule is ClC1C=CC=C1.c1ccc2c(c1)Cc1ccccc1-2. The minimum atomic E-state index is 0.157. The van der Waals surface area contributed by atoms with Gasteiger partial charge in [0.2, 0.25) is 0 Å². The predicted molar refractivity (Wildman–Crippen MR) is 82.6 cm³/mol. The molecule has 0 aliphatic heterocycles. The average molecular weight is 267 g/mol. The van der Waals surface area contributed by atoms with Crippen LogP contribution in [0.1, 0.15) is 11.1 Å². The molecule has 2 aliphatic rings. The van der Waals surface area contributed by atoms with Gasteiger partial charge in [-0.3, -0.25) is 0 Å². The van der Waals surface area contributed by atoms with E-state index in [9.17, 15) is 0 Å². The van der Waals surface area contributed by atoms with Crippen molar-refractivity contribution in [1.82, 2.24) is 0 Å². The number of rotatable bonds is 0. The maximum atomic E-state index is 5.54. The molecule has 0 nitrogen and oxygen atoms in total. The Kier molecular flexibility index (Phi) is 3.52. The minimum absolute atomic E-state index is 0.157. The Hall–Kier alpha value is -1.79. The normalized spacial score (nSPS) is 14.8. The maximum Gasteiger partial charge on any atom is 0.0702 e. The fourth-order valence-electron chi connectivity index (χ4n) is 2.48. The molecule has 94 valence electrons. The summed E-state index contributed by atoms with van der Waals surface area (Å²) in [6.45, 7) is 0. The fraction of sp³-hybridized carbons (Fsp3) is 0.111. The van der Waals surface area contributed by atoms with Gasteiger partial charge in [0.1, 0.15) is 0 Å². The molecule has 1 heteroatoms. The molecule has 0 atom stereocenters. The van der Waals surface area contributed by atoms with Gasteiger partial charge in [-0.15, -0.1) is 11.6 Å². The van der Waals surface area contributed by atoms with Crippen molar-refractivity contribution in [3.63, 3.8) is 0 Å². The molecule has 0 amide bonds. The largest absolute Gasteiger partial charge is 0.114 e. The molecule has 19 heavy (non-hydrogen) atoms. The molecular weight excluding hydrogens is 252 g/mol. The molecule has 2 aromatic rings. The summed E-state index contributed by atoms with van der Waals surface area (Å²) in [4.78, 5) is 0. The molecule has 2 aliphatic carbocycles. The van der Waals surface area contributed by atoms with Crippen LogP contribution in [0.25, 0.3) is 11.1 Å². The second-order valence-electron chi connectivity index (χ2n) is 4.71. The quantitative estimate of drug-likeness (QED) is 0.504. The van der Waals surface area contributed by atoms with Crippen molar-refractivity contribution in [3.05, 3.63) is 84.0 Å². The summed E-state index contributed by atoms with van der Waals surface area (Å²) in [6.07, 6.45) is 8.85. The van der Waals surface area contributed by atoms with Crippen LogP contribution in [0.5, 0.6) is 0 Å². The second-order valence-corrected chi connectivity index (χ2v) is 5.21. The summed E-state index contributed by atoms with van der Waals surface area (Å²) in [6, 6.07) is 17.3. The third kappa shape index (κ3) is 2.64. The summed E-state index contributed by atoms with van der Waals surface area (Å²) in [7, 11) is 0. The van der Waals surface area contributed by atoms with E-state index in [1.807, 2.05) is 24.3 Å². The zero-order valence-electron chi connectivity index (χ0n) is 10.6. The summed E-state index contributed by atoms with van der Waals surface area (Å²) in [5, 5.41) is 0.157. The van der Waals surface area contributed by atoms with Crippen LogP contribution in [0.15, 0.2) is 72.8 Å². The summed E-state index contributed by atoms with van der Waals surface area (Å²) in [5.74, 6) is 0. The van der Waals surface area contributed by atoms with Gasteiger partial charge in [-0.1, -0.05) is 72.8 Å². The first kappa shape index (κ1) is 12.3. The molecule has 0 N–H and O–H groups in total. The van der Waals surface area contributed by atoms with Crippen molar-refractivity contribution >= 4 is 11.6 Å². The van der Waals surface area contributed by atoms with Gasteiger partial charge >= 0.3 is 0 Å². The van der Waals surface area contributed by atoms with E-state index in [0.717, 1.165) is 6.42 Å². The van der Waals surface area contributed by atoms with E-state index in [-0.39, 0.29) is 5.38 Å². The first-order valence-electron chi connectivity index (χ1n) is 6.50. The van der Waals surface area contributed by atoms with Gasteiger partial charge in [0.25, 0.3) is 0 Å². The van der Waals surface area contributed by atoms with E-state index in [1.165, 1.54) is 22.3 Å². The topological polar surface area (TPSA) is 0 Å². The van der Waals surface area contributed by atoms with Crippen LogP contribution in [0, 0.1) is 0 Å². The smallest absolute Gasteiger partial charge is 0.0702 e. The van der Waals surface area contributed by atoms with Crippen molar-refractivity contribution < 1.29 is 0 Å². The van der Waals surface area contributed by atoms with Gasteiger partial charge in [0.15, 0.2) is 0 Å². The van der Waals surface area contributed by atoms with Gasteiger partial charge in [-0.25, -0.2) is 0 Å². The van der Waals surface area contributed by atoms with Crippen molar-refractivity contribution in [2.45, 2.75) is 11.8 Å². The molecule has 2 aromatic carbocycles. The van der Waals surface area contributed by atoms with Gasteiger partial charge in [0, 0.05) is 0 Å². The molecule has 0 saturated carbocycles. The number of benzene rings is 2. The van der Waals surface area contributed by atoms with Gasteiger partial charge in [-0.05, 0) is 28.7 Å². The first-order valence-corrected chi connectivity index (χ1v) is 6.93. The summed E-state index contributed by atoms with van der Waals surface area (Å²) >= 11 is 5.54. The Morgan fingerprint density at radius 2 is 1.21 bits per heavy atom. The van der Waals surface area contributed by atoms with Gasteiger partial charge < -0.3 is 0 Å². The number of hydrogen-bond acceptors (Lipinski definition) is 0. The van der Waals surface area contributed by atoms with E-state index >= 15 is 0 Å². The standard InChI is InChI=1S/C13H10.C5H5Cl/c1-3-7-12-10(5-1)9-11-6-2-4-8-13(11)12;6-5-3-1-2-4-5/h1-8H,9H2;1-5H. The number of alkyl halides is 1. The van der Waals surface area contributed by atoms with Crippen LogP contribution in [-0.2, 0) is 6.42 Å². The lowest BCUT2D eigenvalue weighted by Gasteiger charge is -1.98. The van der Waals surface area contributed by atoms with Crippen molar-refractivity contribution in [2.75, 3.05) is 0 Å². The highest BCUT2D eigenvalue weighted by Gasteiger charge is 2.15. The monoisotopic (exact) mass is 266 g/mol. The molecule has 0 heterocycles. The lowest BCUT2D eigenvalue weighted by molar-refractivity contribution is 1.26. The van der Waals surface area contributed by atoms with Gasteiger partial charge in [0.05, 0.1) is 5.38 Å². The van der Waals surface area contributed by atoms with Crippen LogP contribution >= 0.6 is 11.6 Å². The zero-order chi connectivity index (χ0) is 13.1. The van der Waals surface area contributed by atoms with Crippen LogP contribution in [0.4, 0.5) is 0 Å². The van der Waals surface area contributed by atoms with Crippen molar-refractivity contribution in [3.8, 4) is 11.1 Å². The van der Waals surface area contributed by atoms with Crippen LogP contribution in [0.3, 0.4) is 0 Å². The van der Waals surface area contributed by atoms with Gasteiger partial charge in [-0.2, -0.15) is 0 Å². The number of fused-ring (bicyclic) bond motifs is 3. The minimum Gasteiger partial charge on any atom is -0.114 e. The van der Waals surface area contributed by atoms with Crippen LogP contribution in [-0.4, -0.2) is 5.38 Å². The fourth-order valence-corrected chi connectivity index (χ4v) is 2.65. The van der Waals surface area contributed by atoms with Crippen LogP contribution in [0.2, 0.25) is 0 Å². The molecule has 0 radical (unpaired) electrons. The highest BCUT2D eigenvalue weighted by atomic mass is 35.5.